The number of carboxylic acids is 1. The van der Waals surface area contributed by atoms with Crippen LogP contribution in [0, 0.1) is 5.92 Å². The van der Waals surface area contributed by atoms with E-state index in [0.717, 1.165) is 18.4 Å². The maximum atomic E-state index is 12.0. The van der Waals surface area contributed by atoms with Crippen LogP contribution in [0.3, 0.4) is 0 Å². The number of nitrogens with zero attached hydrogens (tertiary/aromatic N) is 2. The molecule has 17 heavy (non-hydrogen) atoms. The van der Waals surface area contributed by atoms with E-state index in [0.29, 0.717) is 19.0 Å². The van der Waals surface area contributed by atoms with Crippen molar-refractivity contribution >= 4 is 12.0 Å². The SMILES string of the molecule is C=C(C)CN(C)C(=O)N(CC(=O)O)CC1CC1. The van der Waals surface area contributed by atoms with Gasteiger partial charge in [0, 0.05) is 20.1 Å². The number of likely N-dealkylation sites (N-methyl/N-ethyl adjacent to an activating group) is 1. The molecule has 2 amide bonds. The van der Waals surface area contributed by atoms with Gasteiger partial charge in [0.25, 0.3) is 0 Å². The lowest BCUT2D eigenvalue weighted by atomic mass is 10.3. The van der Waals surface area contributed by atoms with E-state index in [1.54, 1.807) is 7.05 Å². The van der Waals surface area contributed by atoms with Gasteiger partial charge in [0.2, 0.25) is 0 Å². The van der Waals surface area contributed by atoms with Crippen molar-refractivity contribution in [3.8, 4) is 0 Å². The van der Waals surface area contributed by atoms with Crippen LogP contribution in [0.4, 0.5) is 4.79 Å². The third-order valence-corrected chi connectivity index (χ3v) is 2.61. The third-order valence-electron chi connectivity index (χ3n) is 2.61. The first-order valence-electron chi connectivity index (χ1n) is 5.76. The van der Waals surface area contributed by atoms with Crippen LogP contribution in [0.1, 0.15) is 19.8 Å². The maximum Gasteiger partial charge on any atom is 0.323 e. The van der Waals surface area contributed by atoms with Crippen molar-refractivity contribution in [1.82, 2.24) is 9.80 Å². The van der Waals surface area contributed by atoms with Crippen LogP contribution in [0.25, 0.3) is 0 Å². The van der Waals surface area contributed by atoms with Gasteiger partial charge in [0.1, 0.15) is 6.54 Å². The van der Waals surface area contributed by atoms with Gasteiger partial charge in [-0.3, -0.25) is 4.79 Å². The maximum absolute atomic E-state index is 12.0. The highest BCUT2D eigenvalue weighted by Crippen LogP contribution is 2.29. The number of urea groups is 1. The van der Waals surface area contributed by atoms with Gasteiger partial charge in [0.15, 0.2) is 0 Å². The first-order valence-corrected chi connectivity index (χ1v) is 5.76. The van der Waals surface area contributed by atoms with E-state index in [1.807, 2.05) is 6.92 Å². The Labute approximate surface area is 102 Å². The van der Waals surface area contributed by atoms with Gasteiger partial charge in [-0.15, -0.1) is 0 Å². The van der Waals surface area contributed by atoms with Crippen LogP contribution in [-0.4, -0.2) is 53.6 Å². The molecule has 0 bridgehead atoms. The molecule has 0 spiro atoms. The number of carbonyl (C=O) groups is 2. The highest BCUT2D eigenvalue weighted by Gasteiger charge is 2.29. The molecule has 1 aliphatic rings. The first-order chi connectivity index (χ1) is 7.90. The third kappa shape index (κ3) is 4.89. The summed E-state index contributed by atoms with van der Waals surface area (Å²) >= 11 is 0. The zero-order chi connectivity index (χ0) is 13.0. The Morgan fingerprint density at radius 1 is 1.35 bits per heavy atom. The average Bonchev–Trinajstić information content (AvgIpc) is 2.97. The van der Waals surface area contributed by atoms with Crippen molar-refractivity contribution in [2.75, 3.05) is 26.7 Å². The minimum atomic E-state index is -0.970. The molecule has 5 heteroatoms. The molecule has 1 saturated carbocycles. The zero-order valence-corrected chi connectivity index (χ0v) is 10.5. The van der Waals surface area contributed by atoms with Crippen molar-refractivity contribution in [3.05, 3.63) is 12.2 Å². The number of aliphatic carboxylic acids is 1. The van der Waals surface area contributed by atoms with E-state index < -0.39 is 5.97 Å². The van der Waals surface area contributed by atoms with E-state index in [-0.39, 0.29) is 12.6 Å². The summed E-state index contributed by atoms with van der Waals surface area (Å²) in [6.45, 7) is 6.36. The molecule has 0 aromatic carbocycles. The first kappa shape index (κ1) is 13.5. The zero-order valence-electron chi connectivity index (χ0n) is 10.5. The summed E-state index contributed by atoms with van der Waals surface area (Å²) in [6.07, 6.45) is 2.18. The summed E-state index contributed by atoms with van der Waals surface area (Å²) in [7, 11) is 1.67. The predicted molar refractivity (Wildman–Crippen MR) is 64.8 cm³/mol. The molecular weight excluding hydrogens is 220 g/mol. The number of hydrogen-bond acceptors (Lipinski definition) is 2. The topological polar surface area (TPSA) is 60.9 Å². The molecule has 0 atom stereocenters. The second-order valence-corrected chi connectivity index (χ2v) is 4.81. The summed E-state index contributed by atoms with van der Waals surface area (Å²) in [6, 6.07) is -0.234. The molecule has 0 saturated heterocycles. The molecule has 0 heterocycles. The lowest BCUT2D eigenvalue weighted by Crippen LogP contribution is -2.45. The normalized spacial score (nSPS) is 14.2. The lowest BCUT2D eigenvalue weighted by molar-refractivity contribution is -0.137. The van der Waals surface area contributed by atoms with E-state index in [1.165, 1.54) is 9.80 Å². The molecule has 0 unspecified atom stereocenters. The van der Waals surface area contributed by atoms with Crippen LogP contribution in [0.2, 0.25) is 0 Å². The predicted octanol–water partition coefficient (Wildman–Crippen LogP) is 1.41. The molecule has 0 aromatic rings. The van der Waals surface area contributed by atoms with Crippen LogP contribution < -0.4 is 0 Å². The summed E-state index contributed by atoms with van der Waals surface area (Å²) in [5, 5.41) is 8.80. The number of carboxylic acid groups (broad SMARTS) is 1. The average molecular weight is 240 g/mol. The molecule has 0 radical (unpaired) electrons. The minimum absolute atomic E-state index is 0.226. The molecule has 1 aliphatic carbocycles. The Hall–Kier alpha value is -1.52. The van der Waals surface area contributed by atoms with Crippen molar-refractivity contribution in [2.45, 2.75) is 19.8 Å². The van der Waals surface area contributed by atoms with Crippen LogP contribution in [0.15, 0.2) is 12.2 Å². The smallest absolute Gasteiger partial charge is 0.323 e. The second kappa shape index (κ2) is 5.70. The molecule has 0 aliphatic heterocycles. The van der Waals surface area contributed by atoms with Gasteiger partial charge in [-0.05, 0) is 25.7 Å². The Bertz CT molecular complexity index is 324. The van der Waals surface area contributed by atoms with Crippen LogP contribution in [-0.2, 0) is 4.79 Å². The quantitative estimate of drug-likeness (QED) is 0.714. The molecule has 1 fully saturated rings. The van der Waals surface area contributed by atoms with E-state index in [9.17, 15) is 9.59 Å². The van der Waals surface area contributed by atoms with Crippen molar-refractivity contribution in [3.63, 3.8) is 0 Å². The number of amides is 2. The summed E-state index contributed by atoms with van der Waals surface area (Å²) in [4.78, 5) is 25.7. The number of carbonyl (C=O) groups excluding carboxylic acids is 1. The van der Waals surface area contributed by atoms with Gasteiger partial charge < -0.3 is 14.9 Å². The largest absolute Gasteiger partial charge is 0.480 e. The highest BCUT2D eigenvalue weighted by atomic mass is 16.4. The van der Waals surface area contributed by atoms with E-state index in [4.69, 9.17) is 5.11 Å². The van der Waals surface area contributed by atoms with Gasteiger partial charge in [0.05, 0.1) is 0 Å². The van der Waals surface area contributed by atoms with Gasteiger partial charge in [-0.2, -0.15) is 0 Å². The second-order valence-electron chi connectivity index (χ2n) is 4.81. The van der Waals surface area contributed by atoms with Gasteiger partial charge >= 0.3 is 12.0 Å². The Morgan fingerprint density at radius 3 is 2.35 bits per heavy atom. The minimum Gasteiger partial charge on any atom is -0.480 e. The van der Waals surface area contributed by atoms with E-state index in [2.05, 4.69) is 6.58 Å². The fourth-order valence-corrected chi connectivity index (χ4v) is 1.70. The van der Waals surface area contributed by atoms with Crippen LogP contribution in [0.5, 0.6) is 0 Å². The van der Waals surface area contributed by atoms with Gasteiger partial charge in [-0.1, -0.05) is 12.2 Å². The fraction of sp³-hybridized carbons (Fsp3) is 0.667. The van der Waals surface area contributed by atoms with Crippen molar-refractivity contribution in [1.29, 1.82) is 0 Å². The Kier molecular flexibility index (Phi) is 4.54. The highest BCUT2D eigenvalue weighted by molar-refractivity contribution is 5.80. The molecule has 1 rings (SSSR count). The fourth-order valence-electron chi connectivity index (χ4n) is 1.70. The monoisotopic (exact) mass is 240 g/mol. The molecule has 5 nitrogen and oxygen atoms in total. The van der Waals surface area contributed by atoms with Crippen LogP contribution >= 0.6 is 0 Å². The standard InChI is InChI=1S/C12H20N2O3/c1-9(2)6-13(3)12(17)14(8-11(15)16)7-10-4-5-10/h10H,1,4-8H2,2-3H3,(H,15,16). The summed E-state index contributed by atoms with van der Waals surface area (Å²) in [5.41, 5.74) is 0.877. The molecule has 1 N–H and O–H groups in total. The molecular formula is C12H20N2O3. The summed E-state index contributed by atoms with van der Waals surface area (Å²) < 4.78 is 0. The lowest BCUT2D eigenvalue weighted by Gasteiger charge is -2.27. The number of hydrogen-bond donors (Lipinski definition) is 1. The summed E-state index contributed by atoms with van der Waals surface area (Å²) in [5.74, 6) is -0.487. The molecule has 0 aromatic heterocycles. The van der Waals surface area contributed by atoms with E-state index >= 15 is 0 Å². The van der Waals surface area contributed by atoms with Crippen molar-refractivity contribution < 1.29 is 14.7 Å². The molecule has 96 valence electrons. The van der Waals surface area contributed by atoms with Crippen molar-refractivity contribution in [2.24, 2.45) is 5.92 Å². The van der Waals surface area contributed by atoms with Gasteiger partial charge in [-0.25, -0.2) is 4.79 Å². The Morgan fingerprint density at radius 2 is 1.94 bits per heavy atom. The Balaban J connectivity index is 2.56. The number of rotatable bonds is 6.